The molecular formula is C17H22N4O2. The average Bonchev–Trinajstić information content (AvgIpc) is 3.28. The summed E-state index contributed by atoms with van der Waals surface area (Å²) in [5.41, 5.74) is 2.02. The largest absolute Gasteiger partial charge is 0.391 e. The van der Waals surface area contributed by atoms with Crippen LogP contribution in [0, 0.1) is 0 Å². The Hall–Kier alpha value is -2.21. The number of hydrogen-bond donors (Lipinski definition) is 2. The Labute approximate surface area is 135 Å². The Morgan fingerprint density at radius 3 is 2.83 bits per heavy atom. The summed E-state index contributed by atoms with van der Waals surface area (Å²) in [6.45, 7) is 1.94. The quantitative estimate of drug-likeness (QED) is 0.806. The van der Waals surface area contributed by atoms with Crippen LogP contribution in [0.2, 0.25) is 0 Å². The molecule has 1 aliphatic rings. The van der Waals surface area contributed by atoms with E-state index in [-0.39, 0.29) is 18.5 Å². The number of carbonyl (C=O) groups excluding carboxylic acids is 1. The second-order valence-corrected chi connectivity index (χ2v) is 6.23. The van der Waals surface area contributed by atoms with E-state index in [0.29, 0.717) is 12.3 Å². The monoisotopic (exact) mass is 314 g/mol. The maximum absolute atomic E-state index is 12.1. The topological polar surface area (TPSA) is 80.0 Å². The Balaban J connectivity index is 1.47. The fourth-order valence-electron chi connectivity index (χ4n) is 2.53. The Kier molecular flexibility index (Phi) is 4.71. The lowest BCUT2D eigenvalue weighted by Gasteiger charge is -2.20. The first-order valence-corrected chi connectivity index (χ1v) is 8.03. The van der Waals surface area contributed by atoms with Crippen molar-refractivity contribution in [2.75, 3.05) is 0 Å². The first kappa shape index (κ1) is 15.7. The van der Waals surface area contributed by atoms with Crippen LogP contribution in [0.4, 0.5) is 0 Å². The number of hydrogen-bond acceptors (Lipinski definition) is 4. The molecule has 3 rings (SSSR count). The number of carbonyl (C=O) groups is 1. The summed E-state index contributed by atoms with van der Waals surface area (Å²) < 4.78 is 1.55. The second kappa shape index (κ2) is 6.91. The van der Waals surface area contributed by atoms with Crippen molar-refractivity contribution in [2.45, 2.75) is 50.8 Å². The van der Waals surface area contributed by atoms with Gasteiger partial charge in [-0.25, -0.2) is 4.68 Å². The van der Waals surface area contributed by atoms with Crippen molar-refractivity contribution < 1.29 is 9.90 Å². The van der Waals surface area contributed by atoms with Gasteiger partial charge in [0.15, 0.2) is 0 Å². The first-order valence-electron chi connectivity index (χ1n) is 8.03. The standard InChI is InChI=1S/C17H22N4O2/c1-12(16(22)9-13-5-3-2-4-6-13)18-17(23)11-21-10-15(19-20-21)14-7-8-14/h2-6,10,12,14,16,22H,7-9,11H2,1H3,(H,18,23). The predicted molar refractivity (Wildman–Crippen MR) is 85.8 cm³/mol. The number of aliphatic hydroxyl groups excluding tert-OH is 1. The van der Waals surface area contributed by atoms with Gasteiger partial charge in [-0.05, 0) is 25.3 Å². The molecule has 1 fully saturated rings. The van der Waals surface area contributed by atoms with Crippen LogP contribution in [0.25, 0.3) is 0 Å². The van der Waals surface area contributed by atoms with E-state index < -0.39 is 6.10 Å². The van der Waals surface area contributed by atoms with E-state index in [1.54, 1.807) is 4.68 Å². The predicted octanol–water partition coefficient (Wildman–Crippen LogP) is 1.26. The Morgan fingerprint density at radius 2 is 2.13 bits per heavy atom. The number of nitrogens with one attached hydrogen (secondary N) is 1. The molecule has 0 aliphatic heterocycles. The highest BCUT2D eigenvalue weighted by Crippen LogP contribution is 2.38. The number of rotatable bonds is 7. The van der Waals surface area contributed by atoms with Crippen LogP contribution in [0.3, 0.4) is 0 Å². The zero-order valence-corrected chi connectivity index (χ0v) is 13.2. The molecule has 0 saturated heterocycles. The third kappa shape index (κ3) is 4.39. The van der Waals surface area contributed by atoms with E-state index in [4.69, 9.17) is 0 Å². The molecule has 0 spiro atoms. The molecular weight excluding hydrogens is 292 g/mol. The van der Waals surface area contributed by atoms with Gasteiger partial charge in [0.25, 0.3) is 0 Å². The molecule has 23 heavy (non-hydrogen) atoms. The molecule has 2 N–H and O–H groups in total. The van der Waals surface area contributed by atoms with Crippen molar-refractivity contribution in [3.05, 3.63) is 47.8 Å². The zero-order chi connectivity index (χ0) is 16.2. The molecule has 1 heterocycles. The van der Waals surface area contributed by atoms with Gasteiger partial charge in [-0.1, -0.05) is 35.5 Å². The van der Waals surface area contributed by atoms with Crippen LogP contribution >= 0.6 is 0 Å². The number of aromatic nitrogens is 3. The lowest BCUT2D eigenvalue weighted by atomic mass is 10.0. The Morgan fingerprint density at radius 1 is 1.39 bits per heavy atom. The van der Waals surface area contributed by atoms with Crippen LogP contribution in [0.1, 0.15) is 36.9 Å². The van der Waals surface area contributed by atoms with Gasteiger partial charge in [0.05, 0.1) is 17.8 Å². The highest BCUT2D eigenvalue weighted by atomic mass is 16.3. The van der Waals surface area contributed by atoms with Crippen LogP contribution in [0.15, 0.2) is 36.5 Å². The van der Waals surface area contributed by atoms with E-state index >= 15 is 0 Å². The van der Waals surface area contributed by atoms with Crippen molar-refractivity contribution in [3.63, 3.8) is 0 Å². The minimum absolute atomic E-state index is 0.127. The fraction of sp³-hybridized carbons (Fsp3) is 0.471. The molecule has 1 aromatic carbocycles. The van der Waals surface area contributed by atoms with Gasteiger partial charge >= 0.3 is 0 Å². The number of benzene rings is 1. The molecule has 6 heteroatoms. The third-order valence-electron chi connectivity index (χ3n) is 4.11. The second-order valence-electron chi connectivity index (χ2n) is 6.23. The maximum Gasteiger partial charge on any atom is 0.242 e. The summed E-state index contributed by atoms with van der Waals surface area (Å²) in [5.74, 6) is 0.357. The highest BCUT2D eigenvalue weighted by Gasteiger charge is 2.26. The SMILES string of the molecule is CC(NC(=O)Cn1cc(C2CC2)nn1)C(O)Cc1ccccc1. The van der Waals surface area contributed by atoms with E-state index in [1.165, 1.54) is 0 Å². The molecule has 2 aromatic rings. The summed E-state index contributed by atoms with van der Waals surface area (Å²) in [7, 11) is 0. The van der Waals surface area contributed by atoms with Crippen molar-refractivity contribution in [2.24, 2.45) is 0 Å². The average molecular weight is 314 g/mol. The van der Waals surface area contributed by atoms with Crippen molar-refractivity contribution in [3.8, 4) is 0 Å². The van der Waals surface area contributed by atoms with Gasteiger partial charge < -0.3 is 10.4 Å². The number of amides is 1. The van der Waals surface area contributed by atoms with Crippen LogP contribution in [0.5, 0.6) is 0 Å². The molecule has 1 aliphatic carbocycles. The van der Waals surface area contributed by atoms with E-state index in [0.717, 1.165) is 24.1 Å². The maximum atomic E-state index is 12.1. The van der Waals surface area contributed by atoms with Gasteiger partial charge in [-0.15, -0.1) is 5.10 Å². The molecule has 1 amide bonds. The summed E-state index contributed by atoms with van der Waals surface area (Å²) in [6.07, 6.45) is 4.04. The molecule has 0 bridgehead atoms. The van der Waals surface area contributed by atoms with Gasteiger partial charge in [0.2, 0.25) is 5.91 Å². The summed E-state index contributed by atoms with van der Waals surface area (Å²) in [6, 6.07) is 9.42. The molecule has 122 valence electrons. The van der Waals surface area contributed by atoms with Crippen LogP contribution in [-0.4, -0.2) is 38.2 Å². The van der Waals surface area contributed by atoms with E-state index in [1.807, 2.05) is 43.5 Å². The van der Waals surface area contributed by atoms with Gasteiger partial charge in [-0.2, -0.15) is 0 Å². The van der Waals surface area contributed by atoms with Crippen LogP contribution in [-0.2, 0) is 17.8 Å². The zero-order valence-electron chi connectivity index (χ0n) is 13.2. The summed E-state index contributed by atoms with van der Waals surface area (Å²) in [5, 5.41) is 21.1. The van der Waals surface area contributed by atoms with Crippen molar-refractivity contribution in [1.82, 2.24) is 20.3 Å². The molecule has 2 unspecified atom stereocenters. The summed E-state index contributed by atoms with van der Waals surface area (Å²) >= 11 is 0. The van der Waals surface area contributed by atoms with Crippen molar-refractivity contribution >= 4 is 5.91 Å². The lowest BCUT2D eigenvalue weighted by molar-refractivity contribution is -0.123. The number of aliphatic hydroxyl groups is 1. The molecule has 6 nitrogen and oxygen atoms in total. The van der Waals surface area contributed by atoms with Gasteiger partial charge in [0.1, 0.15) is 6.54 Å². The normalized spacial score (nSPS) is 16.8. The molecule has 1 saturated carbocycles. The molecule has 2 atom stereocenters. The number of nitrogens with zero attached hydrogens (tertiary/aromatic N) is 3. The van der Waals surface area contributed by atoms with E-state index in [2.05, 4.69) is 15.6 Å². The van der Waals surface area contributed by atoms with E-state index in [9.17, 15) is 9.90 Å². The van der Waals surface area contributed by atoms with Crippen LogP contribution < -0.4 is 5.32 Å². The minimum atomic E-state index is -0.626. The summed E-state index contributed by atoms with van der Waals surface area (Å²) in [4.78, 5) is 12.1. The minimum Gasteiger partial charge on any atom is -0.391 e. The highest BCUT2D eigenvalue weighted by molar-refractivity contribution is 5.75. The third-order valence-corrected chi connectivity index (χ3v) is 4.11. The Bertz CT molecular complexity index is 652. The fourth-order valence-corrected chi connectivity index (χ4v) is 2.53. The molecule has 1 aromatic heterocycles. The first-order chi connectivity index (χ1) is 11.1. The van der Waals surface area contributed by atoms with Gasteiger partial charge in [0, 0.05) is 18.5 Å². The van der Waals surface area contributed by atoms with Crippen molar-refractivity contribution in [1.29, 1.82) is 0 Å². The molecule has 0 radical (unpaired) electrons. The smallest absolute Gasteiger partial charge is 0.242 e. The lowest BCUT2D eigenvalue weighted by Crippen LogP contribution is -2.43. The van der Waals surface area contributed by atoms with Gasteiger partial charge in [-0.3, -0.25) is 4.79 Å².